The standard InChI is InChI=1S/C19H14O7/c1-25-18(23)15(11-4-8-13(21)9-5-11)17-16(22)14(19(24)26-17)10-2-6-12(20)7-3-10/h2-9,20-22H,1H3/b17-15+. The molecule has 1 heterocycles. The highest BCUT2D eigenvalue weighted by molar-refractivity contribution is 6.25. The van der Waals surface area contributed by atoms with E-state index in [1.807, 2.05) is 0 Å². The highest BCUT2D eigenvalue weighted by atomic mass is 16.6. The molecule has 0 aromatic heterocycles. The van der Waals surface area contributed by atoms with Gasteiger partial charge in [-0.05, 0) is 35.4 Å². The second kappa shape index (κ2) is 6.64. The number of esters is 2. The molecule has 1 aliphatic rings. The molecule has 26 heavy (non-hydrogen) atoms. The SMILES string of the molecule is COC(=O)/C(=C1/OC(=O)C(c2ccc(O)cc2)=C1O)c1ccc(O)cc1. The van der Waals surface area contributed by atoms with Crippen LogP contribution in [0.25, 0.3) is 11.1 Å². The largest absolute Gasteiger partial charge is 0.508 e. The zero-order chi connectivity index (χ0) is 18.8. The lowest BCUT2D eigenvalue weighted by atomic mass is 10.0. The van der Waals surface area contributed by atoms with Crippen LogP contribution in [0.5, 0.6) is 11.5 Å². The van der Waals surface area contributed by atoms with Gasteiger partial charge in [0.1, 0.15) is 22.6 Å². The average Bonchev–Trinajstić information content (AvgIpc) is 2.92. The number of rotatable bonds is 3. The molecule has 0 saturated heterocycles. The molecule has 3 N–H and O–H groups in total. The van der Waals surface area contributed by atoms with Crippen molar-refractivity contribution < 1.29 is 34.4 Å². The maximum Gasteiger partial charge on any atom is 0.348 e. The highest BCUT2D eigenvalue weighted by Gasteiger charge is 2.36. The molecule has 0 unspecified atom stereocenters. The minimum atomic E-state index is -0.844. The number of phenolic OH excluding ortho intramolecular Hbond substituents is 2. The lowest BCUT2D eigenvalue weighted by molar-refractivity contribution is -0.134. The van der Waals surface area contributed by atoms with Crippen LogP contribution in [0, 0.1) is 0 Å². The molecule has 0 spiro atoms. The summed E-state index contributed by atoms with van der Waals surface area (Å²) in [4.78, 5) is 24.5. The van der Waals surface area contributed by atoms with E-state index in [0.29, 0.717) is 5.56 Å². The number of carbonyl (C=O) groups is 2. The Kier molecular flexibility index (Phi) is 4.36. The number of cyclic esters (lactones) is 1. The fourth-order valence-corrected chi connectivity index (χ4v) is 2.53. The van der Waals surface area contributed by atoms with E-state index in [1.54, 1.807) is 0 Å². The first-order valence-corrected chi connectivity index (χ1v) is 7.49. The summed E-state index contributed by atoms with van der Waals surface area (Å²) in [6, 6.07) is 11.1. The summed E-state index contributed by atoms with van der Waals surface area (Å²) in [7, 11) is 1.15. The van der Waals surface area contributed by atoms with Crippen LogP contribution >= 0.6 is 0 Å². The minimum absolute atomic E-state index is 0.00434. The Morgan fingerprint density at radius 2 is 1.46 bits per heavy atom. The first-order chi connectivity index (χ1) is 12.4. The van der Waals surface area contributed by atoms with Gasteiger partial charge in [-0.25, -0.2) is 9.59 Å². The lowest BCUT2D eigenvalue weighted by Gasteiger charge is -2.09. The topological polar surface area (TPSA) is 113 Å². The molecule has 0 fully saturated rings. The number of ether oxygens (including phenoxy) is 2. The Bertz CT molecular complexity index is 935. The van der Waals surface area contributed by atoms with Crippen LogP contribution in [0.2, 0.25) is 0 Å². The quantitative estimate of drug-likeness (QED) is 0.573. The minimum Gasteiger partial charge on any atom is -0.508 e. The maximum absolute atomic E-state index is 12.3. The summed E-state index contributed by atoms with van der Waals surface area (Å²) in [5.41, 5.74) is 0.304. The van der Waals surface area contributed by atoms with Gasteiger partial charge in [-0.2, -0.15) is 0 Å². The number of aliphatic hydroxyl groups is 1. The zero-order valence-corrected chi connectivity index (χ0v) is 13.6. The summed E-state index contributed by atoms with van der Waals surface area (Å²) in [5.74, 6) is -2.55. The summed E-state index contributed by atoms with van der Waals surface area (Å²) in [6.45, 7) is 0. The van der Waals surface area contributed by atoms with Crippen LogP contribution in [0.1, 0.15) is 11.1 Å². The van der Waals surface area contributed by atoms with Crippen molar-refractivity contribution in [2.75, 3.05) is 7.11 Å². The van der Waals surface area contributed by atoms with Crippen molar-refractivity contribution in [1.29, 1.82) is 0 Å². The Labute approximate surface area is 148 Å². The third-order valence-electron chi connectivity index (χ3n) is 3.78. The van der Waals surface area contributed by atoms with Crippen molar-refractivity contribution in [3.05, 3.63) is 71.2 Å². The number of phenols is 2. The molecule has 2 aromatic carbocycles. The molecule has 7 heteroatoms. The van der Waals surface area contributed by atoms with Gasteiger partial charge in [0.15, 0.2) is 11.5 Å². The third kappa shape index (κ3) is 2.98. The number of hydrogen-bond donors (Lipinski definition) is 3. The van der Waals surface area contributed by atoms with Crippen molar-refractivity contribution in [3.63, 3.8) is 0 Å². The molecule has 2 aromatic rings. The number of aliphatic hydroxyl groups excluding tert-OH is 1. The zero-order valence-electron chi connectivity index (χ0n) is 13.6. The number of aromatic hydroxyl groups is 2. The van der Waals surface area contributed by atoms with E-state index < -0.39 is 17.7 Å². The van der Waals surface area contributed by atoms with Crippen LogP contribution in [0.15, 0.2) is 60.0 Å². The van der Waals surface area contributed by atoms with Gasteiger partial charge in [-0.15, -0.1) is 0 Å². The van der Waals surface area contributed by atoms with Gasteiger partial charge in [0, 0.05) is 0 Å². The van der Waals surface area contributed by atoms with Crippen molar-refractivity contribution in [2.45, 2.75) is 0 Å². The van der Waals surface area contributed by atoms with Crippen LogP contribution in [-0.4, -0.2) is 34.4 Å². The first-order valence-electron chi connectivity index (χ1n) is 7.49. The predicted octanol–water partition coefficient (Wildman–Crippen LogP) is 2.51. The Hall–Kier alpha value is -3.74. The predicted molar refractivity (Wildman–Crippen MR) is 90.8 cm³/mol. The highest BCUT2D eigenvalue weighted by Crippen LogP contribution is 2.37. The van der Waals surface area contributed by atoms with Gasteiger partial charge in [-0.1, -0.05) is 24.3 Å². The normalized spacial score (nSPS) is 15.7. The summed E-state index contributed by atoms with van der Waals surface area (Å²) >= 11 is 0. The van der Waals surface area contributed by atoms with E-state index >= 15 is 0 Å². The van der Waals surface area contributed by atoms with Gasteiger partial charge < -0.3 is 24.8 Å². The van der Waals surface area contributed by atoms with Gasteiger partial charge in [0.2, 0.25) is 0 Å². The third-order valence-corrected chi connectivity index (χ3v) is 3.78. The molecule has 0 bridgehead atoms. The number of benzene rings is 2. The second-order valence-corrected chi connectivity index (χ2v) is 5.40. The fraction of sp³-hybridized carbons (Fsp3) is 0.0526. The Balaban J connectivity index is 2.20. The van der Waals surface area contributed by atoms with Gasteiger partial charge >= 0.3 is 11.9 Å². The van der Waals surface area contributed by atoms with E-state index in [0.717, 1.165) is 7.11 Å². The molecule has 0 radical (unpaired) electrons. The smallest absolute Gasteiger partial charge is 0.348 e. The summed E-state index contributed by atoms with van der Waals surface area (Å²) in [5, 5.41) is 29.3. The van der Waals surface area contributed by atoms with E-state index in [-0.39, 0.29) is 34.0 Å². The molecule has 3 rings (SSSR count). The van der Waals surface area contributed by atoms with E-state index in [2.05, 4.69) is 0 Å². The van der Waals surface area contributed by atoms with E-state index in [4.69, 9.17) is 9.47 Å². The molecule has 0 saturated carbocycles. The molecule has 132 valence electrons. The average molecular weight is 354 g/mol. The van der Waals surface area contributed by atoms with Crippen molar-refractivity contribution in [3.8, 4) is 11.5 Å². The summed E-state index contributed by atoms with van der Waals surface area (Å²) in [6.07, 6.45) is 0. The van der Waals surface area contributed by atoms with Crippen LogP contribution < -0.4 is 0 Å². The lowest BCUT2D eigenvalue weighted by Crippen LogP contribution is -2.09. The second-order valence-electron chi connectivity index (χ2n) is 5.40. The first kappa shape index (κ1) is 17.1. The number of hydrogen-bond acceptors (Lipinski definition) is 7. The number of methoxy groups -OCH3 is 1. The molecule has 0 atom stereocenters. The van der Waals surface area contributed by atoms with E-state index in [9.17, 15) is 24.9 Å². The molecule has 0 amide bonds. The summed E-state index contributed by atoms with van der Waals surface area (Å²) < 4.78 is 9.86. The fourth-order valence-electron chi connectivity index (χ4n) is 2.53. The Morgan fingerprint density at radius 3 is 2.00 bits per heavy atom. The van der Waals surface area contributed by atoms with Gasteiger partial charge in [-0.3, -0.25) is 0 Å². The molecular formula is C19H14O7. The molecular weight excluding hydrogens is 340 g/mol. The molecule has 7 nitrogen and oxygen atoms in total. The Morgan fingerprint density at radius 1 is 0.923 bits per heavy atom. The van der Waals surface area contributed by atoms with Crippen molar-refractivity contribution >= 4 is 23.1 Å². The van der Waals surface area contributed by atoms with Crippen LogP contribution in [0.3, 0.4) is 0 Å². The van der Waals surface area contributed by atoms with Crippen LogP contribution in [-0.2, 0) is 19.1 Å². The van der Waals surface area contributed by atoms with Crippen molar-refractivity contribution in [2.24, 2.45) is 0 Å². The molecule has 0 aliphatic carbocycles. The maximum atomic E-state index is 12.3. The number of carbonyl (C=O) groups excluding carboxylic acids is 2. The van der Waals surface area contributed by atoms with Crippen molar-refractivity contribution in [1.82, 2.24) is 0 Å². The van der Waals surface area contributed by atoms with E-state index in [1.165, 1.54) is 48.5 Å². The monoisotopic (exact) mass is 354 g/mol. The van der Waals surface area contributed by atoms with Crippen LogP contribution in [0.4, 0.5) is 0 Å². The van der Waals surface area contributed by atoms with Gasteiger partial charge in [0.25, 0.3) is 0 Å². The van der Waals surface area contributed by atoms with Gasteiger partial charge in [0.05, 0.1) is 7.11 Å². The molecule has 1 aliphatic heterocycles.